The van der Waals surface area contributed by atoms with Crippen LogP contribution in [0.2, 0.25) is 0 Å². The first-order valence-corrected chi connectivity index (χ1v) is 9.34. The van der Waals surface area contributed by atoms with Crippen molar-refractivity contribution in [2.45, 2.75) is 18.9 Å². The lowest BCUT2D eigenvalue weighted by Gasteiger charge is -2.08. The number of methoxy groups -OCH3 is 1. The van der Waals surface area contributed by atoms with Crippen molar-refractivity contribution in [2.24, 2.45) is 5.10 Å². The Morgan fingerprint density at radius 2 is 1.83 bits per heavy atom. The van der Waals surface area contributed by atoms with Crippen LogP contribution in [0.3, 0.4) is 0 Å². The number of hydrazone groups is 1. The normalized spacial score (nSPS) is 12.8. The molecule has 0 atom stereocenters. The van der Waals surface area contributed by atoms with Gasteiger partial charge < -0.3 is 20.1 Å². The Balaban J connectivity index is 1.41. The molecule has 0 heterocycles. The lowest BCUT2D eigenvalue weighted by Crippen LogP contribution is -2.38. The molecule has 3 N–H and O–H groups in total. The molecule has 0 spiro atoms. The molecule has 30 heavy (non-hydrogen) atoms. The minimum atomic E-state index is -0.805. The highest BCUT2D eigenvalue weighted by molar-refractivity contribution is 6.35. The van der Waals surface area contributed by atoms with Crippen LogP contribution >= 0.6 is 0 Å². The smallest absolute Gasteiger partial charge is 0.329 e. The maximum atomic E-state index is 12.0. The number of hydrogen-bond donors (Lipinski definition) is 3. The number of amides is 3. The fourth-order valence-corrected chi connectivity index (χ4v) is 2.39. The molecule has 1 aliphatic rings. The number of carbonyl (C=O) groups is 3. The van der Waals surface area contributed by atoms with Crippen LogP contribution < -0.4 is 25.5 Å². The van der Waals surface area contributed by atoms with Crippen LogP contribution in [0.15, 0.2) is 53.6 Å². The Morgan fingerprint density at radius 1 is 1.07 bits per heavy atom. The van der Waals surface area contributed by atoms with Crippen LogP contribution in [0, 0.1) is 0 Å². The van der Waals surface area contributed by atoms with Crippen molar-refractivity contribution in [1.82, 2.24) is 10.7 Å². The van der Waals surface area contributed by atoms with E-state index in [1.165, 1.54) is 6.21 Å². The zero-order valence-corrected chi connectivity index (χ0v) is 16.4. The Hall–Kier alpha value is -3.88. The van der Waals surface area contributed by atoms with E-state index in [1.807, 2.05) is 0 Å². The lowest BCUT2D eigenvalue weighted by atomic mass is 10.2. The van der Waals surface area contributed by atoms with Gasteiger partial charge in [0, 0.05) is 17.8 Å². The van der Waals surface area contributed by atoms with Gasteiger partial charge in [0.15, 0.2) is 6.61 Å². The van der Waals surface area contributed by atoms with Crippen molar-refractivity contribution < 1.29 is 23.9 Å². The van der Waals surface area contributed by atoms with Crippen molar-refractivity contribution in [3.8, 4) is 11.5 Å². The first kappa shape index (κ1) is 20.8. The van der Waals surface area contributed by atoms with Gasteiger partial charge in [0.25, 0.3) is 5.91 Å². The zero-order valence-electron chi connectivity index (χ0n) is 16.4. The summed E-state index contributed by atoms with van der Waals surface area (Å²) in [5, 5.41) is 9.05. The third-order valence-corrected chi connectivity index (χ3v) is 4.10. The number of nitrogens with zero attached hydrogens (tertiary/aromatic N) is 1. The number of hydrogen-bond acceptors (Lipinski definition) is 6. The molecule has 0 aromatic heterocycles. The van der Waals surface area contributed by atoms with E-state index < -0.39 is 11.8 Å². The number of benzene rings is 2. The average Bonchev–Trinajstić information content (AvgIpc) is 3.57. The monoisotopic (exact) mass is 410 g/mol. The number of rotatable bonds is 8. The highest BCUT2D eigenvalue weighted by atomic mass is 16.5. The SMILES string of the molecule is COc1cccc(NC(=O)COc2ccc(/C=N\NC(=O)C(=O)NC3CC3)cc2)c1. The maximum Gasteiger partial charge on any atom is 0.329 e. The molecule has 1 saturated carbocycles. The van der Waals surface area contributed by atoms with E-state index in [9.17, 15) is 14.4 Å². The standard InChI is InChI=1S/C21H22N4O5/c1-29-18-4-2-3-16(11-18)23-19(26)13-30-17-9-5-14(6-10-17)12-22-25-21(28)20(27)24-15-7-8-15/h2-6,9-12,15H,7-8,13H2,1H3,(H,23,26)(H,24,27)(H,25,28)/b22-12-. The van der Waals surface area contributed by atoms with Gasteiger partial charge in [-0.15, -0.1) is 0 Å². The molecule has 0 saturated heterocycles. The van der Waals surface area contributed by atoms with Gasteiger partial charge in [-0.1, -0.05) is 6.07 Å². The molecular formula is C21H22N4O5. The lowest BCUT2D eigenvalue weighted by molar-refractivity contribution is -0.139. The Bertz CT molecular complexity index is 939. The topological polar surface area (TPSA) is 118 Å². The predicted molar refractivity (Wildman–Crippen MR) is 110 cm³/mol. The summed E-state index contributed by atoms with van der Waals surface area (Å²) < 4.78 is 10.6. The second-order valence-corrected chi connectivity index (χ2v) is 6.58. The van der Waals surface area contributed by atoms with E-state index in [2.05, 4.69) is 21.2 Å². The van der Waals surface area contributed by atoms with E-state index in [1.54, 1.807) is 55.6 Å². The molecule has 3 amide bonds. The highest BCUT2D eigenvalue weighted by Gasteiger charge is 2.26. The van der Waals surface area contributed by atoms with E-state index in [0.717, 1.165) is 12.8 Å². The number of carbonyl (C=O) groups excluding carboxylic acids is 3. The molecule has 3 rings (SSSR count). The van der Waals surface area contributed by atoms with Gasteiger partial charge in [-0.3, -0.25) is 14.4 Å². The molecular weight excluding hydrogens is 388 g/mol. The molecule has 1 fully saturated rings. The third-order valence-electron chi connectivity index (χ3n) is 4.10. The molecule has 0 aliphatic heterocycles. The molecule has 2 aromatic rings. The van der Waals surface area contributed by atoms with Gasteiger partial charge >= 0.3 is 11.8 Å². The molecule has 9 heteroatoms. The van der Waals surface area contributed by atoms with E-state index >= 15 is 0 Å². The molecule has 2 aromatic carbocycles. The van der Waals surface area contributed by atoms with Crippen LogP contribution in [0.25, 0.3) is 0 Å². The minimum Gasteiger partial charge on any atom is -0.497 e. The summed E-state index contributed by atoms with van der Waals surface area (Å²) in [5.74, 6) is -0.654. The molecule has 0 unspecified atom stereocenters. The van der Waals surface area contributed by atoms with Gasteiger partial charge in [-0.25, -0.2) is 5.43 Å². The predicted octanol–water partition coefficient (Wildman–Crippen LogP) is 1.44. The number of anilines is 1. The van der Waals surface area contributed by atoms with Crippen molar-refractivity contribution in [3.05, 3.63) is 54.1 Å². The largest absolute Gasteiger partial charge is 0.497 e. The Kier molecular flexibility index (Phi) is 6.99. The summed E-state index contributed by atoms with van der Waals surface area (Å²) in [5.41, 5.74) is 3.47. The van der Waals surface area contributed by atoms with Gasteiger partial charge in [0.2, 0.25) is 0 Å². The van der Waals surface area contributed by atoms with Crippen molar-refractivity contribution in [2.75, 3.05) is 19.0 Å². The summed E-state index contributed by atoms with van der Waals surface area (Å²) in [4.78, 5) is 35.1. The van der Waals surface area contributed by atoms with Gasteiger partial charge in [-0.2, -0.15) is 5.10 Å². The van der Waals surface area contributed by atoms with E-state index in [0.29, 0.717) is 22.7 Å². The minimum absolute atomic E-state index is 0.109. The fraction of sp³-hybridized carbons (Fsp3) is 0.238. The summed E-state index contributed by atoms with van der Waals surface area (Å²) in [6.07, 6.45) is 3.21. The van der Waals surface area contributed by atoms with Crippen molar-refractivity contribution in [3.63, 3.8) is 0 Å². The molecule has 1 aliphatic carbocycles. The molecule has 0 radical (unpaired) electrons. The van der Waals surface area contributed by atoms with Crippen molar-refractivity contribution in [1.29, 1.82) is 0 Å². The van der Waals surface area contributed by atoms with E-state index in [-0.39, 0.29) is 18.6 Å². The summed E-state index contributed by atoms with van der Waals surface area (Å²) in [7, 11) is 1.55. The van der Waals surface area contributed by atoms with Gasteiger partial charge in [0.05, 0.1) is 13.3 Å². The number of nitrogens with one attached hydrogen (secondary N) is 3. The number of ether oxygens (including phenoxy) is 2. The van der Waals surface area contributed by atoms with Crippen LogP contribution in [-0.2, 0) is 14.4 Å². The van der Waals surface area contributed by atoms with Crippen molar-refractivity contribution >= 4 is 29.6 Å². The third kappa shape index (κ3) is 6.62. The Labute approximate surface area is 173 Å². The summed E-state index contributed by atoms with van der Waals surface area (Å²) >= 11 is 0. The fourth-order valence-electron chi connectivity index (χ4n) is 2.39. The first-order chi connectivity index (χ1) is 14.5. The maximum absolute atomic E-state index is 12.0. The Morgan fingerprint density at radius 3 is 2.53 bits per heavy atom. The van der Waals surface area contributed by atoms with Crippen LogP contribution in [0.5, 0.6) is 11.5 Å². The second kappa shape index (κ2) is 10.1. The summed E-state index contributed by atoms with van der Waals surface area (Å²) in [6.45, 7) is -0.156. The van der Waals surface area contributed by atoms with Crippen LogP contribution in [-0.4, -0.2) is 43.7 Å². The quantitative estimate of drug-likeness (QED) is 0.346. The molecule has 156 valence electrons. The van der Waals surface area contributed by atoms with E-state index in [4.69, 9.17) is 9.47 Å². The first-order valence-electron chi connectivity index (χ1n) is 9.34. The zero-order chi connectivity index (χ0) is 21.3. The van der Waals surface area contributed by atoms with Crippen LogP contribution in [0.1, 0.15) is 18.4 Å². The highest BCUT2D eigenvalue weighted by Crippen LogP contribution is 2.18. The van der Waals surface area contributed by atoms with Crippen LogP contribution in [0.4, 0.5) is 5.69 Å². The average molecular weight is 410 g/mol. The molecule has 9 nitrogen and oxygen atoms in total. The second-order valence-electron chi connectivity index (χ2n) is 6.58. The molecule has 0 bridgehead atoms. The summed E-state index contributed by atoms with van der Waals surface area (Å²) in [6, 6.07) is 13.9. The van der Waals surface area contributed by atoms with Gasteiger partial charge in [0.1, 0.15) is 11.5 Å². The van der Waals surface area contributed by atoms with Gasteiger partial charge in [-0.05, 0) is 54.8 Å².